The quantitative estimate of drug-likeness (QED) is 0.472. The Bertz CT molecular complexity index is 1310. The third kappa shape index (κ3) is 5.37. The number of fused-ring (bicyclic) bond motifs is 2. The van der Waals surface area contributed by atoms with Crippen molar-refractivity contribution in [3.8, 4) is 0 Å². The molecule has 1 saturated heterocycles. The van der Waals surface area contributed by atoms with E-state index in [-0.39, 0.29) is 11.5 Å². The second-order valence-electron chi connectivity index (χ2n) is 8.49. The molecule has 188 valence electrons. The lowest BCUT2D eigenvalue weighted by Gasteiger charge is -2.31. The fourth-order valence-corrected chi connectivity index (χ4v) is 4.20. The number of H-pyrrole nitrogens is 1. The number of carboxylic acids is 1. The van der Waals surface area contributed by atoms with E-state index in [0.29, 0.717) is 30.1 Å². The van der Waals surface area contributed by atoms with Crippen LogP contribution >= 0.6 is 0 Å². The Morgan fingerprint density at radius 3 is 2.31 bits per heavy atom. The zero-order chi connectivity index (χ0) is 26.0. The third-order valence-corrected chi connectivity index (χ3v) is 6.05. The molecule has 0 atom stereocenters. The number of imidazole rings is 1. The standard InChI is InChI=1S/C22H20N4O3.C2HF3O2/c27-20-15-6-5-14(12-16(15)21(28)25-20)22(29)26-9-7-13(8-10-26)11-19-23-17-3-1-2-4-18(17)24-19;3-2(4,5)1(6)7/h1-6,12-13H,7-11H2,(H,23,24)(H,25,27,28);(H,6,7). The number of likely N-dealkylation sites (tertiary alicyclic amines) is 1. The minimum absolute atomic E-state index is 0.0952. The average Bonchev–Trinajstić information content (AvgIpc) is 3.38. The van der Waals surface area contributed by atoms with Gasteiger partial charge in [0.05, 0.1) is 22.2 Å². The van der Waals surface area contributed by atoms with E-state index in [1.54, 1.807) is 12.1 Å². The largest absolute Gasteiger partial charge is 0.490 e. The summed E-state index contributed by atoms with van der Waals surface area (Å²) in [6, 6.07) is 12.7. The Morgan fingerprint density at radius 1 is 1.03 bits per heavy atom. The molecular weight excluding hydrogens is 481 g/mol. The molecule has 0 saturated carbocycles. The average molecular weight is 502 g/mol. The summed E-state index contributed by atoms with van der Waals surface area (Å²) in [5.41, 5.74) is 3.09. The Kier molecular flexibility index (Phi) is 6.77. The summed E-state index contributed by atoms with van der Waals surface area (Å²) in [5.74, 6) is -2.23. The molecule has 0 unspecified atom stereocenters. The molecule has 2 aromatic carbocycles. The monoisotopic (exact) mass is 502 g/mol. The van der Waals surface area contributed by atoms with Crippen molar-refractivity contribution in [3.63, 3.8) is 0 Å². The highest BCUT2D eigenvalue weighted by atomic mass is 19.4. The summed E-state index contributed by atoms with van der Waals surface area (Å²) < 4.78 is 31.7. The van der Waals surface area contributed by atoms with Crippen LogP contribution in [0, 0.1) is 5.92 Å². The van der Waals surface area contributed by atoms with Crippen LogP contribution in [0.1, 0.15) is 49.7 Å². The summed E-state index contributed by atoms with van der Waals surface area (Å²) in [6.45, 7) is 1.35. The molecule has 0 bridgehead atoms. The maximum absolute atomic E-state index is 12.9. The van der Waals surface area contributed by atoms with Crippen molar-refractivity contribution in [3.05, 3.63) is 65.0 Å². The van der Waals surface area contributed by atoms with Gasteiger partial charge in [-0.3, -0.25) is 19.7 Å². The Morgan fingerprint density at radius 2 is 1.67 bits per heavy atom. The predicted molar refractivity (Wildman–Crippen MR) is 120 cm³/mol. The fourth-order valence-electron chi connectivity index (χ4n) is 4.20. The van der Waals surface area contributed by atoms with Crippen LogP contribution in [0.4, 0.5) is 13.2 Å². The predicted octanol–water partition coefficient (Wildman–Crippen LogP) is 3.17. The van der Waals surface area contributed by atoms with E-state index in [0.717, 1.165) is 36.1 Å². The number of benzene rings is 2. The lowest BCUT2D eigenvalue weighted by Crippen LogP contribution is -2.39. The number of para-hydroxylation sites is 2. The molecule has 0 radical (unpaired) electrons. The number of halogens is 3. The van der Waals surface area contributed by atoms with E-state index in [9.17, 15) is 27.6 Å². The van der Waals surface area contributed by atoms with Crippen molar-refractivity contribution in [2.24, 2.45) is 5.92 Å². The van der Waals surface area contributed by atoms with Gasteiger partial charge in [0.2, 0.25) is 0 Å². The van der Waals surface area contributed by atoms with Gasteiger partial charge in [0.15, 0.2) is 0 Å². The van der Waals surface area contributed by atoms with Gasteiger partial charge in [-0.25, -0.2) is 9.78 Å². The van der Waals surface area contributed by atoms with E-state index in [4.69, 9.17) is 9.90 Å². The minimum Gasteiger partial charge on any atom is -0.475 e. The van der Waals surface area contributed by atoms with Crippen LogP contribution < -0.4 is 5.32 Å². The smallest absolute Gasteiger partial charge is 0.475 e. The molecule has 3 N–H and O–H groups in total. The van der Waals surface area contributed by atoms with E-state index in [1.807, 2.05) is 29.2 Å². The summed E-state index contributed by atoms with van der Waals surface area (Å²) in [7, 11) is 0. The molecule has 0 aliphatic carbocycles. The summed E-state index contributed by atoms with van der Waals surface area (Å²) in [5, 5.41) is 9.38. The van der Waals surface area contributed by atoms with Crippen molar-refractivity contribution in [1.29, 1.82) is 0 Å². The van der Waals surface area contributed by atoms with Crippen LogP contribution in [-0.2, 0) is 11.2 Å². The third-order valence-electron chi connectivity index (χ3n) is 6.05. The molecule has 3 heterocycles. The number of rotatable bonds is 3. The molecule has 5 rings (SSSR count). The number of hydrogen-bond donors (Lipinski definition) is 3. The molecule has 1 fully saturated rings. The number of imide groups is 1. The Balaban J connectivity index is 0.000000384. The molecular formula is C24H21F3N4O5. The van der Waals surface area contributed by atoms with Gasteiger partial charge in [-0.15, -0.1) is 0 Å². The van der Waals surface area contributed by atoms with E-state index in [2.05, 4.69) is 15.3 Å². The van der Waals surface area contributed by atoms with Gasteiger partial charge in [-0.05, 0) is 49.1 Å². The maximum Gasteiger partial charge on any atom is 0.490 e. The van der Waals surface area contributed by atoms with Crippen LogP contribution in [0.2, 0.25) is 0 Å². The number of hydrogen-bond acceptors (Lipinski definition) is 5. The topological polar surface area (TPSA) is 132 Å². The highest BCUT2D eigenvalue weighted by molar-refractivity contribution is 6.22. The first-order chi connectivity index (χ1) is 17.0. The molecule has 3 amide bonds. The molecule has 2 aliphatic rings. The fraction of sp³-hybridized carbons (Fsp3) is 0.292. The molecule has 36 heavy (non-hydrogen) atoms. The number of carboxylic acid groups (broad SMARTS) is 1. The van der Waals surface area contributed by atoms with Crippen molar-refractivity contribution in [1.82, 2.24) is 20.2 Å². The summed E-state index contributed by atoms with van der Waals surface area (Å²) in [6.07, 6.45) is -2.39. The summed E-state index contributed by atoms with van der Waals surface area (Å²) >= 11 is 0. The second-order valence-corrected chi connectivity index (χ2v) is 8.49. The summed E-state index contributed by atoms with van der Waals surface area (Å²) in [4.78, 5) is 55.1. The van der Waals surface area contributed by atoms with Crippen molar-refractivity contribution in [2.75, 3.05) is 13.1 Å². The van der Waals surface area contributed by atoms with Gasteiger partial charge in [-0.1, -0.05) is 12.1 Å². The van der Waals surface area contributed by atoms with Gasteiger partial charge >= 0.3 is 12.1 Å². The van der Waals surface area contributed by atoms with Gasteiger partial charge in [0.25, 0.3) is 17.7 Å². The molecule has 3 aromatic rings. The zero-order valence-electron chi connectivity index (χ0n) is 18.8. The lowest BCUT2D eigenvalue weighted by atomic mass is 9.92. The number of aromatic nitrogens is 2. The Labute approximate surface area is 202 Å². The van der Waals surface area contributed by atoms with Gasteiger partial charge < -0.3 is 15.0 Å². The van der Waals surface area contributed by atoms with Gasteiger partial charge in [-0.2, -0.15) is 13.2 Å². The van der Waals surface area contributed by atoms with E-state index < -0.39 is 24.0 Å². The van der Waals surface area contributed by atoms with Crippen LogP contribution in [0.25, 0.3) is 11.0 Å². The van der Waals surface area contributed by atoms with Crippen molar-refractivity contribution < 1.29 is 37.5 Å². The number of amides is 3. The number of nitrogens with zero attached hydrogens (tertiary/aromatic N) is 2. The number of carbonyl (C=O) groups excluding carboxylic acids is 3. The molecule has 9 nitrogen and oxygen atoms in total. The molecule has 0 spiro atoms. The number of piperidine rings is 1. The van der Waals surface area contributed by atoms with Gasteiger partial charge in [0, 0.05) is 25.1 Å². The van der Waals surface area contributed by atoms with Crippen LogP contribution in [0.5, 0.6) is 0 Å². The van der Waals surface area contributed by atoms with Crippen molar-refractivity contribution >= 4 is 34.7 Å². The second kappa shape index (κ2) is 9.80. The first kappa shape index (κ1) is 24.9. The normalized spacial score (nSPS) is 15.8. The molecule has 12 heteroatoms. The van der Waals surface area contributed by atoms with Crippen LogP contribution in [-0.4, -0.2) is 62.9 Å². The number of nitrogens with one attached hydrogen (secondary N) is 2. The number of alkyl halides is 3. The van der Waals surface area contributed by atoms with Gasteiger partial charge in [0.1, 0.15) is 5.82 Å². The highest BCUT2D eigenvalue weighted by Crippen LogP contribution is 2.24. The number of aliphatic carboxylic acids is 1. The van der Waals surface area contributed by atoms with Crippen LogP contribution in [0.3, 0.4) is 0 Å². The lowest BCUT2D eigenvalue weighted by molar-refractivity contribution is -0.192. The Hall–Kier alpha value is -4.22. The SMILES string of the molecule is O=C(O)C(F)(F)F.O=C1NC(=O)c2cc(C(=O)N3CCC(Cc4nc5ccccc5[nH]4)CC3)ccc21. The molecule has 2 aliphatic heterocycles. The zero-order valence-corrected chi connectivity index (χ0v) is 18.8. The van der Waals surface area contributed by atoms with E-state index >= 15 is 0 Å². The first-order valence-corrected chi connectivity index (χ1v) is 11.1. The number of aromatic amines is 1. The first-order valence-electron chi connectivity index (χ1n) is 11.1. The molecule has 1 aromatic heterocycles. The van der Waals surface area contributed by atoms with Crippen LogP contribution in [0.15, 0.2) is 42.5 Å². The highest BCUT2D eigenvalue weighted by Gasteiger charge is 2.38. The van der Waals surface area contributed by atoms with Crippen molar-refractivity contribution in [2.45, 2.75) is 25.4 Å². The maximum atomic E-state index is 12.9. The number of carbonyl (C=O) groups is 4. The minimum atomic E-state index is -5.08. The van der Waals surface area contributed by atoms with E-state index in [1.165, 1.54) is 6.07 Å².